The largest absolute Gasteiger partial charge is 0.358 e. The molecule has 0 aliphatic carbocycles. The Morgan fingerprint density at radius 1 is 1.44 bits per heavy atom. The van der Waals surface area contributed by atoms with Gasteiger partial charge in [0, 0.05) is 7.05 Å². The Morgan fingerprint density at radius 3 is 2.69 bits per heavy atom. The molecule has 1 amide bonds. The van der Waals surface area contributed by atoms with E-state index in [0.717, 1.165) is 24.8 Å². The molecule has 1 fully saturated rings. The molecule has 0 aromatic rings. The van der Waals surface area contributed by atoms with Gasteiger partial charge in [0.25, 0.3) is 0 Å². The first-order valence-electron chi connectivity index (χ1n) is 6.66. The van der Waals surface area contributed by atoms with E-state index in [9.17, 15) is 4.79 Å². The van der Waals surface area contributed by atoms with Gasteiger partial charge in [0.05, 0.1) is 6.04 Å². The number of rotatable bonds is 5. The van der Waals surface area contributed by atoms with Crippen molar-refractivity contribution in [2.24, 2.45) is 11.8 Å². The van der Waals surface area contributed by atoms with Crippen LogP contribution in [0.4, 0.5) is 0 Å². The van der Waals surface area contributed by atoms with Crippen LogP contribution in [-0.4, -0.2) is 25.5 Å². The molecular weight excluding hydrogens is 200 g/mol. The Hall–Kier alpha value is -0.570. The molecule has 1 heterocycles. The predicted molar refractivity (Wildman–Crippen MR) is 67.3 cm³/mol. The van der Waals surface area contributed by atoms with E-state index in [-0.39, 0.29) is 11.9 Å². The normalized spacial score (nSPS) is 25.8. The summed E-state index contributed by atoms with van der Waals surface area (Å²) in [6.07, 6.45) is 6.07. The van der Waals surface area contributed by atoms with E-state index >= 15 is 0 Å². The highest BCUT2D eigenvalue weighted by Crippen LogP contribution is 2.27. The van der Waals surface area contributed by atoms with Crippen LogP contribution in [0.2, 0.25) is 0 Å². The zero-order chi connectivity index (χ0) is 12.0. The molecular formula is C13H26N2O. The molecule has 2 atom stereocenters. The lowest BCUT2D eigenvalue weighted by Gasteiger charge is -2.31. The zero-order valence-electron chi connectivity index (χ0n) is 10.9. The first kappa shape index (κ1) is 13.5. The lowest BCUT2D eigenvalue weighted by atomic mass is 9.83. The third-order valence-corrected chi connectivity index (χ3v) is 3.90. The maximum absolute atomic E-state index is 11.6. The van der Waals surface area contributed by atoms with Crippen LogP contribution < -0.4 is 10.6 Å². The van der Waals surface area contributed by atoms with Gasteiger partial charge in [-0.3, -0.25) is 4.79 Å². The van der Waals surface area contributed by atoms with Crippen molar-refractivity contribution < 1.29 is 4.79 Å². The van der Waals surface area contributed by atoms with Crippen LogP contribution in [0.3, 0.4) is 0 Å². The Kier molecular flexibility index (Phi) is 5.81. The number of hydrogen-bond donors (Lipinski definition) is 2. The van der Waals surface area contributed by atoms with Crippen molar-refractivity contribution in [1.82, 2.24) is 10.6 Å². The summed E-state index contributed by atoms with van der Waals surface area (Å²) in [6.45, 7) is 5.53. The van der Waals surface area contributed by atoms with Crippen LogP contribution >= 0.6 is 0 Å². The first-order valence-corrected chi connectivity index (χ1v) is 6.66. The molecule has 2 unspecified atom stereocenters. The van der Waals surface area contributed by atoms with Gasteiger partial charge >= 0.3 is 0 Å². The van der Waals surface area contributed by atoms with Crippen molar-refractivity contribution in [3.63, 3.8) is 0 Å². The Balaban J connectivity index is 2.41. The lowest BCUT2D eigenvalue weighted by molar-refractivity contribution is -0.123. The summed E-state index contributed by atoms with van der Waals surface area (Å²) >= 11 is 0. The standard InChI is InChI=1S/C13H26N2O/c1-4-10(5-2)8-11-6-7-15-12(9-11)13(16)14-3/h10-12,15H,4-9H2,1-3H3,(H,14,16). The Labute approximate surface area is 99.4 Å². The van der Waals surface area contributed by atoms with Crippen molar-refractivity contribution in [1.29, 1.82) is 0 Å². The Morgan fingerprint density at radius 2 is 2.12 bits per heavy atom. The fourth-order valence-corrected chi connectivity index (χ4v) is 2.68. The minimum Gasteiger partial charge on any atom is -0.358 e. The molecule has 0 aromatic carbocycles. The highest BCUT2D eigenvalue weighted by atomic mass is 16.2. The van der Waals surface area contributed by atoms with Crippen molar-refractivity contribution in [3.05, 3.63) is 0 Å². The number of amides is 1. The van der Waals surface area contributed by atoms with Gasteiger partial charge in [-0.2, -0.15) is 0 Å². The molecule has 0 saturated carbocycles. The molecule has 1 rings (SSSR count). The minimum atomic E-state index is 0.0399. The minimum absolute atomic E-state index is 0.0399. The van der Waals surface area contributed by atoms with Gasteiger partial charge in [-0.25, -0.2) is 0 Å². The molecule has 3 nitrogen and oxygen atoms in total. The van der Waals surface area contributed by atoms with Crippen molar-refractivity contribution in [2.45, 2.75) is 52.0 Å². The molecule has 0 spiro atoms. The predicted octanol–water partition coefficient (Wildman–Crippen LogP) is 1.93. The summed E-state index contributed by atoms with van der Waals surface area (Å²) in [5, 5.41) is 6.03. The molecule has 1 saturated heterocycles. The van der Waals surface area contributed by atoms with E-state index in [0.29, 0.717) is 0 Å². The molecule has 2 N–H and O–H groups in total. The van der Waals surface area contributed by atoms with Gasteiger partial charge in [-0.05, 0) is 37.6 Å². The number of likely N-dealkylation sites (N-methyl/N-ethyl adjacent to an activating group) is 1. The molecule has 0 radical (unpaired) electrons. The van der Waals surface area contributed by atoms with Crippen molar-refractivity contribution in [3.8, 4) is 0 Å². The van der Waals surface area contributed by atoms with Gasteiger partial charge in [-0.1, -0.05) is 26.7 Å². The average Bonchev–Trinajstić information content (AvgIpc) is 2.35. The van der Waals surface area contributed by atoms with Crippen LogP contribution in [0.5, 0.6) is 0 Å². The third-order valence-electron chi connectivity index (χ3n) is 3.90. The average molecular weight is 226 g/mol. The van der Waals surface area contributed by atoms with Crippen molar-refractivity contribution >= 4 is 5.91 Å². The van der Waals surface area contributed by atoms with E-state index < -0.39 is 0 Å². The molecule has 0 aromatic heterocycles. The van der Waals surface area contributed by atoms with Crippen LogP contribution in [0.1, 0.15) is 46.0 Å². The van der Waals surface area contributed by atoms with E-state index in [4.69, 9.17) is 0 Å². The number of piperidine rings is 1. The lowest BCUT2D eigenvalue weighted by Crippen LogP contribution is -2.48. The van der Waals surface area contributed by atoms with E-state index in [1.807, 2.05) is 0 Å². The highest BCUT2D eigenvalue weighted by Gasteiger charge is 2.27. The fourth-order valence-electron chi connectivity index (χ4n) is 2.68. The molecule has 0 bridgehead atoms. The summed E-state index contributed by atoms with van der Waals surface area (Å²) in [5.74, 6) is 1.72. The van der Waals surface area contributed by atoms with Gasteiger partial charge in [-0.15, -0.1) is 0 Å². The first-order chi connectivity index (χ1) is 7.71. The third kappa shape index (κ3) is 3.78. The number of carbonyl (C=O) groups is 1. The molecule has 1 aliphatic heterocycles. The van der Waals surface area contributed by atoms with Gasteiger partial charge < -0.3 is 10.6 Å². The van der Waals surface area contributed by atoms with E-state index in [1.165, 1.54) is 25.7 Å². The summed E-state index contributed by atoms with van der Waals surface area (Å²) < 4.78 is 0. The maximum atomic E-state index is 11.6. The highest BCUT2D eigenvalue weighted by molar-refractivity contribution is 5.81. The quantitative estimate of drug-likeness (QED) is 0.752. The monoisotopic (exact) mass is 226 g/mol. The van der Waals surface area contributed by atoms with E-state index in [1.54, 1.807) is 7.05 Å². The van der Waals surface area contributed by atoms with Crippen LogP contribution in [-0.2, 0) is 4.79 Å². The van der Waals surface area contributed by atoms with Gasteiger partial charge in [0.1, 0.15) is 0 Å². The summed E-state index contributed by atoms with van der Waals surface area (Å²) in [5.41, 5.74) is 0. The number of carbonyl (C=O) groups excluding carboxylic acids is 1. The van der Waals surface area contributed by atoms with Gasteiger partial charge in [0.15, 0.2) is 0 Å². The summed E-state index contributed by atoms with van der Waals surface area (Å²) in [6, 6.07) is 0.0399. The second kappa shape index (κ2) is 6.89. The second-order valence-corrected chi connectivity index (χ2v) is 4.93. The second-order valence-electron chi connectivity index (χ2n) is 4.93. The summed E-state index contributed by atoms with van der Waals surface area (Å²) in [4.78, 5) is 11.6. The Bertz CT molecular complexity index is 214. The summed E-state index contributed by atoms with van der Waals surface area (Å²) in [7, 11) is 1.72. The fraction of sp³-hybridized carbons (Fsp3) is 0.923. The van der Waals surface area contributed by atoms with Crippen LogP contribution in [0, 0.1) is 11.8 Å². The van der Waals surface area contributed by atoms with Crippen molar-refractivity contribution in [2.75, 3.05) is 13.6 Å². The molecule has 3 heteroatoms. The topological polar surface area (TPSA) is 41.1 Å². The van der Waals surface area contributed by atoms with Gasteiger partial charge in [0.2, 0.25) is 5.91 Å². The number of hydrogen-bond acceptors (Lipinski definition) is 2. The number of nitrogens with one attached hydrogen (secondary N) is 2. The SMILES string of the molecule is CCC(CC)CC1CCNC(C(=O)NC)C1. The van der Waals surface area contributed by atoms with E-state index in [2.05, 4.69) is 24.5 Å². The van der Waals surface area contributed by atoms with Crippen LogP contribution in [0.15, 0.2) is 0 Å². The van der Waals surface area contributed by atoms with Crippen LogP contribution in [0.25, 0.3) is 0 Å². The molecule has 16 heavy (non-hydrogen) atoms. The smallest absolute Gasteiger partial charge is 0.236 e. The zero-order valence-corrected chi connectivity index (χ0v) is 10.9. The molecule has 1 aliphatic rings. The maximum Gasteiger partial charge on any atom is 0.236 e. The molecule has 94 valence electrons.